The topological polar surface area (TPSA) is 36.9 Å². The Morgan fingerprint density at radius 2 is 1.15 bits per heavy atom. The van der Waals surface area contributed by atoms with E-state index in [-0.39, 0.29) is 0 Å². The number of ether oxygens (including phenoxy) is 4. The van der Waals surface area contributed by atoms with Gasteiger partial charge in [-0.2, -0.15) is 0 Å². The van der Waals surface area contributed by atoms with Gasteiger partial charge >= 0.3 is 0 Å². The lowest BCUT2D eigenvalue weighted by Crippen LogP contribution is -2.09. The summed E-state index contributed by atoms with van der Waals surface area (Å²) in [6.07, 6.45) is 0. The fraction of sp³-hybridized carbons (Fsp3) is 0.571. The minimum absolute atomic E-state index is 0.493. The van der Waals surface area contributed by atoms with Gasteiger partial charge in [0.1, 0.15) is 13.2 Å². The molecule has 0 unspecified atom stereocenters. The fourth-order valence-corrected chi connectivity index (χ4v) is 2.63. The van der Waals surface area contributed by atoms with Crippen molar-refractivity contribution in [3.63, 3.8) is 0 Å². The van der Waals surface area contributed by atoms with E-state index in [4.69, 9.17) is 18.9 Å². The van der Waals surface area contributed by atoms with Crippen molar-refractivity contribution in [2.45, 2.75) is 10.7 Å². The Balaban J connectivity index is 2.89. The molecular formula is C14H20Br2O4. The highest BCUT2D eigenvalue weighted by Gasteiger charge is 2.11. The first-order valence-electron chi connectivity index (χ1n) is 6.28. The van der Waals surface area contributed by atoms with Crippen LogP contribution in [-0.4, -0.2) is 40.6 Å². The standard InChI is InChI=1S/C14H20Br2O4/c1-17-3-5-19-13-7-11(9-15)12(10-16)8-14(13)20-6-4-18-2/h7-8H,3-6,9-10H2,1-2H3. The third kappa shape index (κ3) is 5.60. The molecule has 0 N–H and O–H groups in total. The van der Waals surface area contributed by atoms with Crippen LogP contribution in [0.4, 0.5) is 0 Å². The molecule has 4 nitrogen and oxygen atoms in total. The van der Waals surface area contributed by atoms with Crippen molar-refractivity contribution < 1.29 is 18.9 Å². The van der Waals surface area contributed by atoms with Crippen molar-refractivity contribution in [3.05, 3.63) is 23.3 Å². The summed E-state index contributed by atoms with van der Waals surface area (Å²) >= 11 is 6.98. The fourth-order valence-electron chi connectivity index (χ4n) is 1.59. The van der Waals surface area contributed by atoms with Gasteiger partial charge in [0.05, 0.1) is 13.2 Å². The minimum atomic E-state index is 0.493. The quantitative estimate of drug-likeness (QED) is 0.436. The van der Waals surface area contributed by atoms with Crippen LogP contribution >= 0.6 is 31.9 Å². The van der Waals surface area contributed by atoms with Crippen molar-refractivity contribution in [2.24, 2.45) is 0 Å². The van der Waals surface area contributed by atoms with Gasteiger partial charge in [0, 0.05) is 24.9 Å². The highest BCUT2D eigenvalue weighted by Crippen LogP contribution is 2.33. The zero-order chi connectivity index (χ0) is 14.8. The summed E-state index contributed by atoms with van der Waals surface area (Å²) in [5.74, 6) is 1.47. The van der Waals surface area contributed by atoms with Crippen molar-refractivity contribution >= 4 is 31.9 Å². The second-order valence-electron chi connectivity index (χ2n) is 4.02. The first-order valence-corrected chi connectivity index (χ1v) is 8.52. The van der Waals surface area contributed by atoms with Crippen molar-refractivity contribution in [3.8, 4) is 11.5 Å². The Kier molecular flexibility index (Phi) is 9.26. The molecular weight excluding hydrogens is 392 g/mol. The SMILES string of the molecule is COCCOc1cc(CBr)c(CBr)cc1OCCOC. The van der Waals surface area contributed by atoms with Gasteiger partial charge in [-0.15, -0.1) is 0 Å². The van der Waals surface area contributed by atoms with Crippen LogP contribution in [0.5, 0.6) is 11.5 Å². The van der Waals surface area contributed by atoms with E-state index in [0.29, 0.717) is 26.4 Å². The molecule has 6 heteroatoms. The first kappa shape index (κ1) is 17.8. The van der Waals surface area contributed by atoms with E-state index in [1.807, 2.05) is 12.1 Å². The molecule has 0 aliphatic heterocycles. The van der Waals surface area contributed by atoms with E-state index < -0.39 is 0 Å². The van der Waals surface area contributed by atoms with E-state index in [1.54, 1.807) is 14.2 Å². The van der Waals surface area contributed by atoms with Crippen LogP contribution in [0.1, 0.15) is 11.1 Å². The van der Waals surface area contributed by atoms with E-state index in [0.717, 1.165) is 22.2 Å². The average molecular weight is 412 g/mol. The van der Waals surface area contributed by atoms with Gasteiger partial charge in [0.2, 0.25) is 0 Å². The van der Waals surface area contributed by atoms with E-state index in [2.05, 4.69) is 31.9 Å². The number of hydrogen-bond acceptors (Lipinski definition) is 4. The molecule has 0 amide bonds. The molecule has 1 aromatic carbocycles. The maximum absolute atomic E-state index is 5.72. The number of hydrogen-bond donors (Lipinski definition) is 0. The molecule has 0 saturated heterocycles. The molecule has 0 fully saturated rings. The summed E-state index contributed by atoms with van der Waals surface area (Å²) < 4.78 is 21.4. The van der Waals surface area contributed by atoms with Gasteiger partial charge in [-0.3, -0.25) is 0 Å². The number of rotatable bonds is 10. The molecule has 0 spiro atoms. The maximum Gasteiger partial charge on any atom is 0.161 e. The van der Waals surface area contributed by atoms with Crippen molar-refractivity contribution in [1.29, 1.82) is 0 Å². The third-order valence-corrected chi connectivity index (χ3v) is 3.85. The second-order valence-corrected chi connectivity index (χ2v) is 5.14. The van der Waals surface area contributed by atoms with E-state index >= 15 is 0 Å². The van der Waals surface area contributed by atoms with Crippen LogP contribution in [-0.2, 0) is 20.1 Å². The summed E-state index contributed by atoms with van der Waals surface area (Å²) in [6, 6.07) is 4.01. The minimum Gasteiger partial charge on any atom is -0.487 e. The van der Waals surface area contributed by atoms with Crippen molar-refractivity contribution in [1.82, 2.24) is 0 Å². The monoisotopic (exact) mass is 410 g/mol. The summed E-state index contributed by atoms with van der Waals surface area (Å²) in [5, 5.41) is 1.54. The van der Waals surface area contributed by atoms with Crippen LogP contribution in [0.15, 0.2) is 12.1 Å². The van der Waals surface area contributed by atoms with Crippen LogP contribution in [0.3, 0.4) is 0 Å². The molecule has 1 aromatic rings. The summed E-state index contributed by atoms with van der Waals surface area (Å²) in [5.41, 5.74) is 2.35. The van der Waals surface area contributed by atoms with Crippen molar-refractivity contribution in [2.75, 3.05) is 40.6 Å². The molecule has 0 bridgehead atoms. The van der Waals surface area contributed by atoms with E-state index in [1.165, 1.54) is 11.1 Å². The Labute approximate surface area is 137 Å². The average Bonchev–Trinajstić information content (AvgIpc) is 2.48. The highest BCUT2D eigenvalue weighted by molar-refractivity contribution is 9.09. The Hall–Kier alpha value is -0.300. The molecule has 0 aromatic heterocycles. The Morgan fingerprint density at radius 1 is 0.750 bits per heavy atom. The molecule has 0 radical (unpaired) electrons. The molecule has 0 heterocycles. The van der Waals surface area contributed by atoms with Gasteiger partial charge in [0.25, 0.3) is 0 Å². The van der Waals surface area contributed by atoms with Crippen LogP contribution in [0.25, 0.3) is 0 Å². The number of halogens is 2. The molecule has 0 atom stereocenters. The molecule has 0 aliphatic rings. The summed E-state index contributed by atoms with van der Waals surface area (Å²) in [7, 11) is 3.30. The number of alkyl halides is 2. The number of methoxy groups -OCH3 is 2. The van der Waals surface area contributed by atoms with Gasteiger partial charge in [-0.05, 0) is 23.3 Å². The molecule has 1 rings (SSSR count). The predicted molar refractivity (Wildman–Crippen MR) is 86.4 cm³/mol. The summed E-state index contributed by atoms with van der Waals surface area (Å²) in [4.78, 5) is 0. The zero-order valence-corrected chi connectivity index (χ0v) is 15.0. The Morgan fingerprint density at radius 3 is 1.45 bits per heavy atom. The van der Waals surface area contributed by atoms with Gasteiger partial charge in [0.15, 0.2) is 11.5 Å². The van der Waals surface area contributed by atoms with Crippen LogP contribution in [0.2, 0.25) is 0 Å². The lowest BCUT2D eigenvalue weighted by Gasteiger charge is -2.16. The molecule has 0 saturated carbocycles. The lowest BCUT2D eigenvalue weighted by atomic mass is 10.1. The van der Waals surface area contributed by atoms with Gasteiger partial charge in [-0.1, -0.05) is 31.9 Å². The summed E-state index contributed by atoms with van der Waals surface area (Å²) in [6.45, 7) is 2.07. The van der Waals surface area contributed by atoms with E-state index in [9.17, 15) is 0 Å². The van der Waals surface area contributed by atoms with Gasteiger partial charge < -0.3 is 18.9 Å². The molecule has 0 aliphatic carbocycles. The largest absolute Gasteiger partial charge is 0.487 e. The molecule has 114 valence electrons. The smallest absolute Gasteiger partial charge is 0.161 e. The lowest BCUT2D eigenvalue weighted by molar-refractivity contribution is 0.132. The van der Waals surface area contributed by atoms with Gasteiger partial charge in [-0.25, -0.2) is 0 Å². The van der Waals surface area contributed by atoms with Crippen LogP contribution < -0.4 is 9.47 Å². The third-order valence-electron chi connectivity index (χ3n) is 2.64. The first-order chi connectivity index (χ1) is 9.76. The van der Waals surface area contributed by atoms with Crippen LogP contribution in [0, 0.1) is 0 Å². The molecule has 20 heavy (non-hydrogen) atoms. The second kappa shape index (κ2) is 10.4. The Bertz CT molecular complexity index is 362. The normalized spacial score (nSPS) is 10.6. The number of benzene rings is 1. The highest BCUT2D eigenvalue weighted by atomic mass is 79.9. The maximum atomic E-state index is 5.72. The predicted octanol–water partition coefficient (Wildman–Crippen LogP) is 3.53. The zero-order valence-electron chi connectivity index (χ0n) is 11.8.